The van der Waals surface area contributed by atoms with Crippen LogP contribution in [0.25, 0.3) is 0 Å². The first-order valence-electron chi connectivity index (χ1n) is 23.0. The van der Waals surface area contributed by atoms with E-state index in [-0.39, 0.29) is 6.61 Å². The maximum absolute atomic E-state index is 12.4. The molecular weight excluding hydrogens is 988 g/mol. The minimum absolute atomic E-state index is 0.234. The normalized spacial score (nSPS) is 49.2. The van der Waals surface area contributed by atoms with Gasteiger partial charge in [0.05, 0.1) is 52.3 Å². The van der Waals surface area contributed by atoms with Crippen molar-refractivity contribution < 1.29 is 149 Å². The fourth-order valence-electron chi connectivity index (χ4n) is 9.26. The number of aliphatic hydroxyl groups is 17. The van der Waals surface area contributed by atoms with Crippen LogP contribution in [0.2, 0.25) is 0 Å². The molecule has 0 bridgehead atoms. The summed E-state index contributed by atoms with van der Waals surface area (Å²) in [5.41, 5.74) is 0. The molecule has 6 heterocycles. The van der Waals surface area contributed by atoms with Crippen molar-refractivity contribution in [3.05, 3.63) is 0 Å². The molecule has 1 unspecified atom stereocenters. The molecule has 0 saturated carbocycles. The largest absolute Gasteiger partial charge is 0.394 e. The molecule has 72 heavy (non-hydrogen) atoms. The van der Waals surface area contributed by atoms with Crippen LogP contribution in [-0.2, 0) is 61.7 Å². The molecule has 0 radical (unpaired) electrons. The van der Waals surface area contributed by atoms with Crippen LogP contribution < -0.4 is 10.6 Å². The Morgan fingerprint density at radius 3 is 1.18 bits per heavy atom. The van der Waals surface area contributed by atoms with Crippen molar-refractivity contribution in [2.75, 3.05) is 46.2 Å². The Bertz CT molecular complexity index is 1710. The van der Waals surface area contributed by atoms with Crippen molar-refractivity contribution in [1.29, 1.82) is 0 Å². The second kappa shape index (κ2) is 25.8. The van der Waals surface area contributed by atoms with E-state index in [1.54, 1.807) is 0 Å². The van der Waals surface area contributed by atoms with Crippen LogP contribution in [0.4, 0.5) is 0 Å². The van der Waals surface area contributed by atoms with E-state index < -0.39 is 229 Å². The summed E-state index contributed by atoms with van der Waals surface area (Å²) in [6, 6.07) is -2.66. The first-order chi connectivity index (χ1) is 34.1. The third kappa shape index (κ3) is 12.6. The van der Waals surface area contributed by atoms with Gasteiger partial charge in [-0.2, -0.15) is 0 Å². The quantitative estimate of drug-likeness (QED) is 0.0606. The summed E-state index contributed by atoms with van der Waals surface area (Å²) in [7, 11) is 0. The maximum atomic E-state index is 12.4. The molecule has 6 aliphatic heterocycles. The highest BCUT2D eigenvalue weighted by Gasteiger charge is 2.58. The van der Waals surface area contributed by atoms with Crippen LogP contribution in [0.5, 0.6) is 0 Å². The van der Waals surface area contributed by atoms with Crippen molar-refractivity contribution in [3.63, 3.8) is 0 Å². The Morgan fingerprint density at radius 1 is 0.375 bits per heavy atom. The molecular formula is C40H68N2O30. The van der Waals surface area contributed by atoms with Crippen LogP contribution in [0.15, 0.2) is 0 Å². The van der Waals surface area contributed by atoms with Gasteiger partial charge in [0.25, 0.3) is 0 Å². The molecule has 0 aromatic carbocycles. The molecule has 6 aliphatic rings. The van der Waals surface area contributed by atoms with E-state index in [4.69, 9.17) is 52.1 Å². The highest BCUT2D eigenvalue weighted by Crippen LogP contribution is 2.37. The van der Waals surface area contributed by atoms with Gasteiger partial charge in [-0.25, -0.2) is 0 Å². The smallest absolute Gasteiger partial charge is 0.217 e. The van der Waals surface area contributed by atoms with Crippen molar-refractivity contribution in [1.82, 2.24) is 10.6 Å². The molecule has 32 nitrogen and oxygen atoms in total. The van der Waals surface area contributed by atoms with E-state index in [1.807, 2.05) is 0 Å². The topological polar surface area (TPSA) is 504 Å². The van der Waals surface area contributed by atoms with E-state index in [2.05, 4.69) is 10.6 Å². The van der Waals surface area contributed by atoms with E-state index >= 15 is 0 Å². The molecule has 29 atom stereocenters. The summed E-state index contributed by atoms with van der Waals surface area (Å²) in [4.78, 5) is 24.2. The van der Waals surface area contributed by atoms with Gasteiger partial charge in [-0.05, 0) is 0 Å². The first-order valence-corrected chi connectivity index (χ1v) is 23.0. The van der Waals surface area contributed by atoms with Crippen molar-refractivity contribution >= 4 is 11.8 Å². The predicted molar refractivity (Wildman–Crippen MR) is 221 cm³/mol. The highest BCUT2D eigenvalue weighted by molar-refractivity contribution is 5.73. The summed E-state index contributed by atoms with van der Waals surface area (Å²) in [5, 5.41) is 187. The number of hydrogen-bond donors (Lipinski definition) is 19. The minimum atomic E-state index is -2.27. The SMILES string of the molecule is CC(=O)N[C@H]1[C@@H](O[C@H]2[C@H](O)[C@@H](NC(C)=O)CO[C@@H]2CO)O[C@H](CO)[C@@H](O[C@@H]2O[C@H](CO)[C@@H](O[C@H]3O[C@H](CO)[C@@H](O[C@H]4O[C@H](CO)[C@@H](O)[C@H](O)[C@@H]4O)[C@H](OC4O[C@H](CO)[C@@H](O)[C@H](O)[C@@H]4O)[C@@H]3O)[C@H](O)[C@@H]2O)[C@@H]1O. The van der Waals surface area contributed by atoms with E-state index in [9.17, 15) is 96.4 Å². The lowest BCUT2D eigenvalue weighted by molar-refractivity contribution is -0.402. The highest BCUT2D eigenvalue weighted by atomic mass is 16.8. The zero-order chi connectivity index (χ0) is 53.0. The Labute approximate surface area is 408 Å². The molecule has 0 aromatic rings. The number of aliphatic hydroxyl groups excluding tert-OH is 17. The predicted octanol–water partition coefficient (Wildman–Crippen LogP) is -13.1. The van der Waals surface area contributed by atoms with Gasteiger partial charge in [-0.15, -0.1) is 0 Å². The number of ether oxygens (including phenoxy) is 11. The zero-order valence-corrected chi connectivity index (χ0v) is 38.6. The van der Waals surface area contributed by atoms with Crippen LogP contribution in [0.3, 0.4) is 0 Å². The standard InChI is InChI=1S/C40H68N2O30/c1-10(49)41-12-9-62-15(5-45)31(20(12)51)68-36-19(42-11(2)50)23(54)32(16(6-46)65-36)69-39-29(60)26(57)33(17(7-47)66-39)70-40-30(61)35(72-38-28(59)25(56)22(53)14(4-44)64-38)34(18(8-48)67-40)71-37-27(58)24(55)21(52)13(3-43)63-37/h12-40,43-48,51-61H,3-9H2,1-2H3,(H,41,49)(H,42,50)/t12-,13+,14+,15+,16+,17+,18+,19+,20+,21+,22+,23+,24-,25-,26+,27-,28-,29-,30-,31+,32+,33+,34+,35+,36+,37+,38?,39-,40+/m0/s1. The number of carbonyl (C=O) groups is 2. The summed E-state index contributed by atoms with van der Waals surface area (Å²) >= 11 is 0. The number of hydrogen-bond acceptors (Lipinski definition) is 30. The monoisotopic (exact) mass is 1060 g/mol. The zero-order valence-electron chi connectivity index (χ0n) is 38.6. The number of rotatable bonds is 18. The van der Waals surface area contributed by atoms with Gasteiger partial charge in [0.2, 0.25) is 11.8 Å². The summed E-state index contributed by atoms with van der Waals surface area (Å²) in [5.74, 6) is -1.30. The van der Waals surface area contributed by atoms with Crippen LogP contribution in [0, 0.1) is 0 Å². The van der Waals surface area contributed by atoms with Gasteiger partial charge >= 0.3 is 0 Å². The molecule has 2 amide bonds. The average Bonchev–Trinajstić information content (AvgIpc) is 3.35. The second-order valence-electron chi connectivity index (χ2n) is 18.1. The Kier molecular flexibility index (Phi) is 21.1. The third-order valence-electron chi connectivity index (χ3n) is 13.2. The van der Waals surface area contributed by atoms with Crippen molar-refractivity contribution in [2.45, 2.75) is 192 Å². The van der Waals surface area contributed by atoms with Gasteiger partial charge in [-0.1, -0.05) is 0 Å². The Hall–Kier alpha value is -2.18. The molecule has 6 fully saturated rings. The minimum Gasteiger partial charge on any atom is -0.394 e. The molecule has 19 N–H and O–H groups in total. The Balaban J connectivity index is 1.21. The van der Waals surface area contributed by atoms with E-state index in [1.165, 1.54) is 6.92 Å². The van der Waals surface area contributed by atoms with Crippen molar-refractivity contribution in [2.24, 2.45) is 0 Å². The van der Waals surface area contributed by atoms with E-state index in [0.29, 0.717) is 0 Å². The molecule has 6 rings (SSSR count). The average molecular weight is 1060 g/mol. The van der Waals surface area contributed by atoms with Crippen LogP contribution in [0.1, 0.15) is 13.8 Å². The molecule has 0 aromatic heterocycles. The number of carbonyl (C=O) groups excluding carboxylic acids is 2. The van der Waals surface area contributed by atoms with Crippen LogP contribution in [-0.4, -0.2) is 323 Å². The fourth-order valence-corrected chi connectivity index (χ4v) is 9.26. The lowest BCUT2D eigenvalue weighted by Gasteiger charge is -2.51. The number of amides is 2. The molecule has 32 heteroatoms. The first kappa shape index (κ1) is 59.1. The molecule has 0 spiro atoms. The molecule has 6 saturated heterocycles. The van der Waals surface area contributed by atoms with Gasteiger partial charge in [0, 0.05) is 13.8 Å². The fraction of sp³-hybridized carbons (Fsp3) is 0.950. The van der Waals surface area contributed by atoms with Gasteiger partial charge < -0.3 is 150 Å². The summed E-state index contributed by atoms with van der Waals surface area (Å²) in [6.45, 7) is -3.64. The van der Waals surface area contributed by atoms with Gasteiger partial charge in [0.1, 0.15) is 140 Å². The Morgan fingerprint density at radius 2 is 0.722 bits per heavy atom. The van der Waals surface area contributed by atoms with E-state index in [0.717, 1.165) is 6.92 Å². The van der Waals surface area contributed by atoms with Crippen LogP contribution >= 0.6 is 0 Å². The number of nitrogens with one attached hydrogen (secondary N) is 2. The lowest BCUT2D eigenvalue weighted by Crippen LogP contribution is -2.70. The maximum Gasteiger partial charge on any atom is 0.217 e. The van der Waals surface area contributed by atoms with Gasteiger partial charge in [-0.3, -0.25) is 9.59 Å². The summed E-state index contributed by atoms with van der Waals surface area (Å²) in [6.07, 6.45) is -50.7. The summed E-state index contributed by atoms with van der Waals surface area (Å²) < 4.78 is 63.3. The third-order valence-corrected chi connectivity index (χ3v) is 13.2. The molecule has 418 valence electrons. The lowest BCUT2D eigenvalue weighted by atomic mass is 9.94. The molecule has 0 aliphatic carbocycles. The van der Waals surface area contributed by atoms with Crippen molar-refractivity contribution in [3.8, 4) is 0 Å². The van der Waals surface area contributed by atoms with Gasteiger partial charge in [0.15, 0.2) is 31.5 Å². The second-order valence-corrected chi connectivity index (χ2v) is 18.1.